The third-order valence-electron chi connectivity index (χ3n) is 4.31. The van der Waals surface area contributed by atoms with E-state index in [4.69, 9.17) is 9.47 Å². The van der Waals surface area contributed by atoms with Crippen LogP contribution in [0.4, 0.5) is 0 Å². The highest BCUT2D eigenvalue weighted by atomic mass is 35.5. The summed E-state index contributed by atoms with van der Waals surface area (Å²) in [5.74, 6) is 0.726. The highest BCUT2D eigenvalue weighted by Gasteiger charge is 2.32. The predicted molar refractivity (Wildman–Crippen MR) is 98.7 cm³/mol. The van der Waals surface area contributed by atoms with E-state index in [1.165, 1.54) is 0 Å². The van der Waals surface area contributed by atoms with E-state index in [0.717, 1.165) is 19.5 Å². The Balaban J connectivity index is 0.00000288. The minimum absolute atomic E-state index is 0. The minimum atomic E-state index is -0.292. The molecule has 1 fully saturated rings. The maximum Gasteiger partial charge on any atom is 0.344 e. The maximum absolute atomic E-state index is 12.0. The number of carbonyl (C=O) groups is 1. The Morgan fingerprint density at radius 3 is 2.67 bits per heavy atom. The lowest BCUT2D eigenvalue weighted by Crippen LogP contribution is -2.49. The van der Waals surface area contributed by atoms with Crippen LogP contribution in [0.3, 0.4) is 0 Å². The van der Waals surface area contributed by atoms with E-state index in [1.807, 2.05) is 37.3 Å². The van der Waals surface area contributed by atoms with Crippen molar-refractivity contribution in [3.63, 3.8) is 0 Å². The second-order valence-electron chi connectivity index (χ2n) is 6.21. The number of hydrogen-bond donors (Lipinski definition) is 0. The molecule has 0 aromatic heterocycles. The normalized spacial score (nSPS) is 24.4. The maximum atomic E-state index is 12.0. The highest BCUT2D eigenvalue weighted by Crippen LogP contribution is 2.24. The van der Waals surface area contributed by atoms with Gasteiger partial charge in [0, 0.05) is 25.0 Å². The van der Waals surface area contributed by atoms with Crippen LogP contribution in [0, 0.1) is 5.92 Å². The number of hydrogen-bond acceptors (Lipinski definition) is 4. The molecule has 2 rings (SSSR count). The van der Waals surface area contributed by atoms with Crippen molar-refractivity contribution in [3.8, 4) is 5.75 Å². The number of nitrogens with zero attached hydrogens (tertiary/aromatic N) is 1. The zero-order valence-corrected chi connectivity index (χ0v) is 15.5. The number of esters is 1. The zero-order valence-electron chi connectivity index (χ0n) is 14.7. The SMILES string of the molecule is C/C=C/CN1CC(C)C(OC(=O)COc2ccccc2)CC1C.Cl. The number of carbonyl (C=O) groups excluding carboxylic acids is 1. The van der Waals surface area contributed by atoms with Gasteiger partial charge in [0.1, 0.15) is 11.9 Å². The summed E-state index contributed by atoms with van der Waals surface area (Å²) in [5.41, 5.74) is 0. The standard InChI is InChI=1S/C19H27NO3.ClH/c1-4-5-11-20-13-15(2)18(12-16(20)3)23-19(21)14-22-17-9-7-6-8-10-17;/h4-10,15-16,18H,11-14H2,1-3H3;1H/b5-4+;. The average Bonchev–Trinajstić information content (AvgIpc) is 2.55. The summed E-state index contributed by atoms with van der Waals surface area (Å²) < 4.78 is 11.1. The van der Waals surface area contributed by atoms with Crippen LogP contribution in [0.25, 0.3) is 0 Å². The van der Waals surface area contributed by atoms with Gasteiger partial charge >= 0.3 is 5.97 Å². The van der Waals surface area contributed by atoms with Crippen molar-refractivity contribution in [3.05, 3.63) is 42.5 Å². The number of halogens is 1. The third kappa shape index (κ3) is 6.17. The summed E-state index contributed by atoms with van der Waals surface area (Å²) in [7, 11) is 0. The Morgan fingerprint density at radius 2 is 2.00 bits per heavy atom. The molecule has 1 aliphatic rings. The van der Waals surface area contributed by atoms with E-state index in [0.29, 0.717) is 17.7 Å². The topological polar surface area (TPSA) is 38.8 Å². The number of piperidine rings is 1. The molecular weight excluding hydrogens is 326 g/mol. The van der Waals surface area contributed by atoms with Gasteiger partial charge in [0.2, 0.25) is 0 Å². The quantitative estimate of drug-likeness (QED) is 0.577. The van der Waals surface area contributed by atoms with Crippen LogP contribution in [0.15, 0.2) is 42.5 Å². The van der Waals surface area contributed by atoms with E-state index in [1.54, 1.807) is 0 Å². The molecule has 0 spiro atoms. The summed E-state index contributed by atoms with van der Waals surface area (Å²) in [6, 6.07) is 9.75. The highest BCUT2D eigenvalue weighted by molar-refractivity contribution is 5.85. The fourth-order valence-electron chi connectivity index (χ4n) is 2.91. The molecule has 24 heavy (non-hydrogen) atoms. The zero-order chi connectivity index (χ0) is 16.7. The Morgan fingerprint density at radius 1 is 1.29 bits per heavy atom. The van der Waals surface area contributed by atoms with Crippen molar-refractivity contribution >= 4 is 18.4 Å². The van der Waals surface area contributed by atoms with E-state index in [-0.39, 0.29) is 31.1 Å². The molecule has 1 heterocycles. The first-order chi connectivity index (χ1) is 11.1. The van der Waals surface area contributed by atoms with Gasteiger partial charge in [0.15, 0.2) is 6.61 Å². The van der Waals surface area contributed by atoms with E-state index in [2.05, 4.69) is 30.9 Å². The van der Waals surface area contributed by atoms with Crippen molar-refractivity contribution in [2.24, 2.45) is 5.92 Å². The molecule has 0 bridgehead atoms. The second kappa shape index (κ2) is 10.4. The van der Waals surface area contributed by atoms with Crippen molar-refractivity contribution in [2.75, 3.05) is 19.7 Å². The first-order valence-electron chi connectivity index (χ1n) is 8.32. The molecular formula is C19H28ClNO3. The molecule has 0 aliphatic carbocycles. The fourth-order valence-corrected chi connectivity index (χ4v) is 2.91. The molecule has 5 heteroatoms. The van der Waals surface area contributed by atoms with Gasteiger partial charge in [0.25, 0.3) is 0 Å². The lowest BCUT2D eigenvalue weighted by Gasteiger charge is -2.40. The molecule has 0 radical (unpaired) electrons. The third-order valence-corrected chi connectivity index (χ3v) is 4.31. The first kappa shape index (κ1) is 20.5. The number of likely N-dealkylation sites (tertiary alicyclic amines) is 1. The Labute approximate surface area is 151 Å². The van der Waals surface area contributed by atoms with Gasteiger partial charge in [-0.05, 0) is 32.4 Å². The molecule has 1 aromatic rings. The first-order valence-corrected chi connectivity index (χ1v) is 8.32. The Hall–Kier alpha value is -1.52. The average molecular weight is 354 g/mol. The summed E-state index contributed by atoms with van der Waals surface area (Å²) >= 11 is 0. The van der Waals surface area contributed by atoms with Gasteiger partial charge in [-0.1, -0.05) is 37.3 Å². The van der Waals surface area contributed by atoms with Crippen LogP contribution in [-0.4, -0.2) is 42.7 Å². The summed E-state index contributed by atoms with van der Waals surface area (Å²) in [6.45, 7) is 8.24. The van der Waals surface area contributed by atoms with E-state index in [9.17, 15) is 4.79 Å². The lowest BCUT2D eigenvalue weighted by molar-refractivity contribution is -0.158. The lowest BCUT2D eigenvalue weighted by atomic mass is 9.91. The van der Waals surface area contributed by atoms with Crippen molar-refractivity contribution < 1.29 is 14.3 Å². The fraction of sp³-hybridized carbons (Fsp3) is 0.526. The molecule has 1 aromatic carbocycles. The largest absolute Gasteiger partial charge is 0.482 e. The van der Waals surface area contributed by atoms with Crippen LogP contribution < -0.4 is 4.74 Å². The second-order valence-corrected chi connectivity index (χ2v) is 6.21. The molecule has 0 N–H and O–H groups in total. The number of ether oxygens (including phenoxy) is 2. The molecule has 1 aliphatic heterocycles. The van der Waals surface area contributed by atoms with Crippen LogP contribution in [0.5, 0.6) is 5.75 Å². The van der Waals surface area contributed by atoms with Crippen molar-refractivity contribution in [2.45, 2.75) is 39.3 Å². The molecule has 3 atom stereocenters. The van der Waals surface area contributed by atoms with Gasteiger partial charge in [-0.25, -0.2) is 4.79 Å². The Bertz CT molecular complexity index is 521. The molecule has 4 nitrogen and oxygen atoms in total. The monoisotopic (exact) mass is 353 g/mol. The van der Waals surface area contributed by atoms with E-state index < -0.39 is 0 Å². The number of allylic oxidation sites excluding steroid dienone is 1. The van der Waals surface area contributed by atoms with Gasteiger partial charge in [-0.15, -0.1) is 12.4 Å². The summed E-state index contributed by atoms with van der Waals surface area (Å²) in [5, 5.41) is 0. The molecule has 0 saturated carbocycles. The van der Waals surface area contributed by atoms with Crippen LogP contribution >= 0.6 is 12.4 Å². The van der Waals surface area contributed by atoms with Gasteiger partial charge < -0.3 is 9.47 Å². The summed E-state index contributed by atoms with van der Waals surface area (Å²) in [4.78, 5) is 14.4. The molecule has 1 saturated heterocycles. The van der Waals surface area contributed by atoms with Crippen LogP contribution in [0.1, 0.15) is 27.2 Å². The summed E-state index contributed by atoms with van der Waals surface area (Å²) in [6.07, 6.45) is 5.09. The number of benzene rings is 1. The predicted octanol–water partition coefficient (Wildman–Crippen LogP) is 3.71. The number of rotatable bonds is 6. The minimum Gasteiger partial charge on any atom is -0.482 e. The molecule has 0 amide bonds. The van der Waals surface area contributed by atoms with Gasteiger partial charge in [0.05, 0.1) is 0 Å². The van der Waals surface area contributed by atoms with E-state index >= 15 is 0 Å². The smallest absolute Gasteiger partial charge is 0.344 e. The van der Waals surface area contributed by atoms with Crippen molar-refractivity contribution in [1.29, 1.82) is 0 Å². The molecule has 3 unspecified atom stereocenters. The van der Waals surface area contributed by atoms with Crippen LogP contribution in [0.2, 0.25) is 0 Å². The van der Waals surface area contributed by atoms with Gasteiger partial charge in [-0.3, -0.25) is 4.90 Å². The number of para-hydroxylation sites is 1. The van der Waals surface area contributed by atoms with Crippen LogP contribution in [-0.2, 0) is 9.53 Å². The van der Waals surface area contributed by atoms with Crippen molar-refractivity contribution in [1.82, 2.24) is 4.90 Å². The van der Waals surface area contributed by atoms with Gasteiger partial charge in [-0.2, -0.15) is 0 Å². The molecule has 134 valence electrons. The Kier molecular flexibility index (Phi) is 8.87.